The van der Waals surface area contributed by atoms with Gasteiger partial charge in [0.15, 0.2) is 0 Å². The van der Waals surface area contributed by atoms with Gasteiger partial charge in [0.1, 0.15) is 0 Å². The molecular formula is C9H17Sn. The van der Waals surface area contributed by atoms with Crippen molar-refractivity contribution in [2.45, 2.75) is 26.7 Å². The molecule has 0 aliphatic rings. The van der Waals surface area contributed by atoms with Crippen molar-refractivity contribution in [1.82, 2.24) is 0 Å². The van der Waals surface area contributed by atoms with Gasteiger partial charge in [-0.05, 0) is 0 Å². The normalized spacial score (nSPS) is 9.80. The van der Waals surface area contributed by atoms with Crippen LogP contribution in [0.2, 0.25) is 13.3 Å². The van der Waals surface area contributed by atoms with Crippen LogP contribution in [0.1, 0.15) is 13.3 Å². The van der Waals surface area contributed by atoms with Crippen LogP contribution in [0, 0.1) is 0 Å². The maximum absolute atomic E-state index is 3.78. The fraction of sp³-hybridized carbons (Fsp3) is 0.556. The monoisotopic (exact) mass is 245 g/mol. The molecule has 0 aromatic heterocycles. The Morgan fingerprint density at radius 3 is 2.00 bits per heavy atom. The SMILES string of the molecule is C=C[CH2][Sn]([CH2]C=C)[CH2]CC. The van der Waals surface area contributed by atoms with Crippen LogP contribution in [0.5, 0.6) is 0 Å². The van der Waals surface area contributed by atoms with E-state index in [1.54, 1.807) is 0 Å². The Morgan fingerprint density at radius 2 is 1.70 bits per heavy atom. The standard InChI is InChI=1S/C3H7.2C3H5.Sn/c3*1-3-2;/h1,3H2,2H3;2*3H,1-2H2;. The first-order chi connectivity index (χ1) is 4.85. The van der Waals surface area contributed by atoms with Crippen molar-refractivity contribution in [3.8, 4) is 0 Å². The van der Waals surface area contributed by atoms with Crippen LogP contribution in [0.15, 0.2) is 25.3 Å². The van der Waals surface area contributed by atoms with E-state index in [1.165, 1.54) is 19.7 Å². The third-order valence-electron chi connectivity index (χ3n) is 1.47. The number of allylic oxidation sites excluding steroid dienone is 2. The molecule has 1 radical (unpaired) electrons. The third kappa shape index (κ3) is 5.09. The zero-order valence-electron chi connectivity index (χ0n) is 6.90. The van der Waals surface area contributed by atoms with Gasteiger partial charge >= 0.3 is 71.7 Å². The van der Waals surface area contributed by atoms with Crippen LogP contribution in [0.25, 0.3) is 0 Å². The van der Waals surface area contributed by atoms with Crippen LogP contribution >= 0.6 is 0 Å². The molecule has 0 N–H and O–H groups in total. The van der Waals surface area contributed by atoms with E-state index >= 15 is 0 Å². The number of rotatable bonds is 6. The minimum absolute atomic E-state index is 0.995. The summed E-state index contributed by atoms with van der Waals surface area (Å²) in [4.78, 5) is 0. The van der Waals surface area contributed by atoms with E-state index in [-0.39, 0.29) is 0 Å². The Balaban J connectivity index is 3.48. The molecule has 0 atom stereocenters. The van der Waals surface area contributed by atoms with E-state index < -0.39 is 19.8 Å². The van der Waals surface area contributed by atoms with Crippen LogP contribution in [-0.4, -0.2) is 19.8 Å². The van der Waals surface area contributed by atoms with Crippen LogP contribution in [-0.2, 0) is 0 Å². The van der Waals surface area contributed by atoms with E-state index in [9.17, 15) is 0 Å². The fourth-order valence-electron chi connectivity index (χ4n) is 1.05. The van der Waals surface area contributed by atoms with Gasteiger partial charge in [0.25, 0.3) is 0 Å². The maximum atomic E-state index is 3.78. The summed E-state index contributed by atoms with van der Waals surface area (Å²) in [6.07, 6.45) is 5.54. The summed E-state index contributed by atoms with van der Waals surface area (Å²) in [5.74, 6) is 0. The quantitative estimate of drug-likeness (QED) is 0.496. The molecule has 0 fully saturated rings. The Labute approximate surface area is 71.8 Å². The van der Waals surface area contributed by atoms with Crippen molar-refractivity contribution in [3.63, 3.8) is 0 Å². The van der Waals surface area contributed by atoms with Crippen molar-refractivity contribution in [3.05, 3.63) is 25.3 Å². The Bertz CT molecular complexity index is 86.9. The molecule has 57 valence electrons. The topological polar surface area (TPSA) is 0 Å². The van der Waals surface area contributed by atoms with Gasteiger partial charge in [0.2, 0.25) is 0 Å². The van der Waals surface area contributed by atoms with Gasteiger partial charge in [-0.1, -0.05) is 0 Å². The van der Waals surface area contributed by atoms with E-state index in [2.05, 4.69) is 32.2 Å². The first kappa shape index (κ1) is 10.3. The second-order valence-corrected chi connectivity index (χ2v) is 10.5. The molecule has 0 spiro atoms. The molecule has 1 heteroatoms. The average molecular weight is 244 g/mol. The van der Waals surface area contributed by atoms with Gasteiger partial charge in [0, 0.05) is 0 Å². The predicted molar refractivity (Wildman–Crippen MR) is 50.9 cm³/mol. The van der Waals surface area contributed by atoms with Gasteiger partial charge in [-0.3, -0.25) is 0 Å². The third-order valence-corrected chi connectivity index (χ3v) is 9.86. The molecule has 10 heavy (non-hydrogen) atoms. The average Bonchev–Trinajstić information content (AvgIpc) is 1.90. The van der Waals surface area contributed by atoms with Gasteiger partial charge in [-0.2, -0.15) is 0 Å². The molecule has 0 saturated carbocycles. The van der Waals surface area contributed by atoms with Crippen LogP contribution in [0.4, 0.5) is 0 Å². The Hall–Kier alpha value is 0.279. The zero-order valence-corrected chi connectivity index (χ0v) is 9.75. The molecule has 0 bridgehead atoms. The van der Waals surface area contributed by atoms with Crippen LogP contribution in [0.3, 0.4) is 0 Å². The molecule has 0 aliphatic heterocycles. The first-order valence-corrected chi connectivity index (χ1v) is 9.96. The second kappa shape index (κ2) is 7.39. The molecule has 0 aromatic rings. The summed E-state index contributed by atoms with van der Waals surface area (Å²) in [6, 6.07) is 0. The summed E-state index contributed by atoms with van der Waals surface area (Å²) in [6.45, 7) is 9.83. The molecule has 0 amide bonds. The molecule has 0 nitrogen and oxygen atoms in total. The summed E-state index contributed by atoms with van der Waals surface area (Å²) >= 11 is -0.995. The van der Waals surface area contributed by atoms with Crippen molar-refractivity contribution >= 4 is 19.8 Å². The molecule has 0 aliphatic carbocycles. The second-order valence-electron chi connectivity index (χ2n) is 2.49. The molecule has 0 heterocycles. The van der Waals surface area contributed by atoms with Gasteiger partial charge in [-0.25, -0.2) is 0 Å². The van der Waals surface area contributed by atoms with Crippen molar-refractivity contribution in [2.24, 2.45) is 0 Å². The van der Waals surface area contributed by atoms with E-state index in [1.807, 2.05) is 0 Å². The molecule has 0 saturated heterocycles. The Morgan fingerprint density at radius 1 is 1.20 bits per heavy atom. The number of hydrogen-bond donors (Lipinski definition) is 0. The summed E-state index contributed by atoms with van der Waals surface area (Å²) in [5, 5.41) is 0. The van der Waals surface area contributed by atoms with Crippen molar-refractivity contribution in [1.29, 1.82) is 0 Å². The van der Waals surface area contributed by atoms with E-state index in [0.717, 1.165) is 0 Å². The molecule has 0 unspecified atom stereocenters. The van der Waals surface area contributed by atoms with E-state index in [0.29, 0.717) is 0 Å². The van der Waals surface area contributed by atoms with Crippen LogP contribution < -0.4 is 0 Å². The van der Waals surface area contributed by atoms with Gasteiger partial charge in [0.05, 0.1) is 0 Å². The van der Waals surface area contributed by atoms with Gasteiger partial charge < -0.3 is 0 Å². The zero-order chi connectivity index (χ0) is 7.82. The minimum atomic E-state index is -0.995. The summed E-state index contributed by atoms with van der Waals surface area (Å²) in [5.41, 5.74) is 0. The summed E-state index contributed by atoms with van der Waals surface area (Å²) in [7, 11) is 0. The van der Waals surface area contributed by atoms with Gasteiger partial charge in [-0.15, -0.1) is 0 Å². The molecular weight excluding hydrogens is 227 g/mol. The first-order valence-electron chi connectivity index (χ1n) is 3.90. The molecule has 0 rings (SSSR count). The number of hydrogen-bond acceptors (Lipinski definition) is 0. The Kier molecular flexibility index (Phi) is 7.59. The predicted octanol–water partition coefficient (Wildman–Crippen LogP) is 3.26. The van der Waals surface area contributed by atoms with Crippen molar-refractivity contribution < 1.29 is 0 Å². The fourth-order valence-corrected chi connectivity index (χ4v) is 7.04. The summed E-state index contributed by atoms with van der Waals surface area (Å²) < 4.78 is 4.17. The molecule has 0 aromatic carbocycles. The van der Waals surface area contributed by atoms with E-state index in [4.69, 9.17) is 0 Å². The van der Waals surface area contributed by atoms with Crippen molar-refractivity contribution in [2.75, 3.05) is 0 Å².